The average molecular weight is 306 g/mol. The first-order chi connectivity index (χ1) is 9.55. The van der Waals surface area contributed by atoms with E-state index in [9.17, 15) is 15.3 Å². The second-order valence-electron chi connectivity index (χ2n) is 6.79. The fraction of sp³-hybridized carbons (Fsp3) is 1.00. The molecule has 0 aromatic rings. The van der Waals surface area contributed by atoms with Crippen molar-refractivity contribution >= 4 is 0 Å². The van der Waals surface area contributed by atoms with Crippen molar-refractivity contribution in [2.24, 2.45) is 0 Å². The van der Waals surface area contributed by atoms with E-state index >= 15 is 0 Å². The summed E-state index contributed by atoms with van der Waals surface area (Å²) in [4.78, 5) is 0. The second-order valence-corrected chi connectivity index (χ2v) is 6.79. The van der Waals surface area contributed by atoms with Gasteiger partial charge in [-0.3, -0.25) is 0 Å². The summed E-state index contributed by atoms with van der Waals surface area (Å²) in [5.41, 5.74) is -2.23. The maximum Gasteiger partial charge on any atom is 0.118 e. The van der Waals surface area contributed by atoms with E-state index in [1.54, 1.807) is 13.8 Å². The molecular weight excluding hydrogens is 276 g/mol. The number of hydrogen-bond acceptors (Lipinski definition) is 6. The third-order valence-corrected chi connectivity index (χ3v) is 3.76. The summed E-state index contributed by atoms with van der Waals surface area (Å²) in [6, 6.07) is 0. The van der Waals surface area contributed by atoms with E-state index in [0.29, 0.717) is 0 Å². The summed E-state index contributed by atoms with van der Waals surface area (Å²) in [5, 5.41) is 30.5. The van der Waals surface area contributed by atoms with Gasteiger partial charge in [0.15, 0.2) is 0 Å². The molecule has 1 heterocycles. The minimum Gasteiger partial charge on any atom is -0.393 e. The van der Waals surface area contributed by atoms with Crippen LogP contribution in [0.15, 0.2) is 0 Å². The van der Waals surface area contributed by atoms with Crippen LogP contribution in [0.25, 0.3) is 0 Å². The largest absolute Gasteiger partial charge is 0.393 e. The van der Waals surface area contributed by atoms with Gasteiger partial charge in [0.1, 0.15) is 29.5 Å². The molecule has 1 aliphatic heterocycles. The van der Waals surface area contributed by atoms with Crippen molar-refractivity contribution in [2.45, 2.75) is 83.3 Å². The van der Waals surface area contributed by atoms with Gasteiger partial charge in [0.05, 0.1) is 25.4 Å². The highest BCUT2D eigenvalue weighted by Crippen LogP contribution is 2.38. The quantitative estimate of drug-likeness (QED) is 0.661. The Labute approximate surface area is 127 Å². The molecule has 0 spiro atoms. The lowest BCUT2D eigenvalue weighted by molar-refractivity contribution is -0.329. The van der Waals surface area contributed by atoms with Crippen LogP contribution in [0.4, 0.5) is 0 Å². The van der Waals surface area contributed by atoms with Crippen LogP contribution in [0.1, 0.15) is 41.5 Å². The van der Waals surface area contributed by atoms with Gasteiger partial charge < -0.3 is 29.5 Å². The summed E-state index contributed by atoms with van der Waals surface area (Å²) in [7, 11) is 0. The van der Waals surface area contributed by atoms with Gasteiger partial charge >= 0.3 is 0 Å². The van der Waals surface area contributed by atoms with E-state index in [1.807, 2.05) is 27.7 Å². The Hall–Kier alpha value is -0.240. The summed E-state index contributed by atoms with van der Waals surface area (Å²) in [5.74, 6) is 0. The molecule has 0 aliphatic carbocycles. The van der Waals surface area contributed by atoms with Crippen LogP contribution < -0.4 is 0 Å². The third kappa shape index (κ3) is 4.15. The van der Waals surface area contributed by atoms with Crippen LogP contribution in [0.2, 0.25) is 0 Å². The molecule has 0 amide bonds. The van der Waals surface area contributed by atoms with Crippen LogP contribution >= 0.6 is 0 Å². The molecule has 126 valence electrons. The minimum atomic E-state index is -1.17. The first kappa shape index (κ1) is 18.8. The predicted octanol–water partition coefficient (Wildman–Crippen LogP) is 0.467. The van der Waals surface area contributed by atoms with E-state index in [4.69, 9.17) is 14.2 Å². The summed E-state index contributed by atoms with van der Waals surface area (Å²) in [6.07, 6.45) is -3.34. The highest BCUT2D eigenvalue weighted by molar-refractivity contribution is 5.06. The van der Waals surface area contributed by atoms with Gasteiger partial charge in [-0.2, -0.15) is 0 Å². The summed E-state index contributed by atoms with van der Waals surface area (Å²) < 4.78 is 17.1. The van der Waals surface area contributed by atoms with Crippen molar-refractivity contribution < 1.29 is 29.5 Å². The summed E-state index contributed by atoms with van der Waals surface area (Å²) in [6.45, 7) is 10.5. The molecular formula is C15H30O6. The molecule has 0 saturated carbocycles. The monoisotopic (exact) mass is 306 g/mol. The predicted molar refractivity (Wildman–Crippen MR) is 78.1 cm³/mol. The van der Waals surface area contributed by atoms with Crippen LogP contribution in [0.5, 0.6) is 0 Å². The molecule has 1 rings (SSSR count). The van der Waals surface area contributed by atoms with Gasteiger partial charge in [-0.05, 0) is 41.5 Å². The number of aliphatic hydroxyl groups is 3. The Kier molecular flexibility index (Phi) is 6.17. The van der Waals surface area contributed by atoms with Gasteiger partial charge in [0, 0.05) is 0 Å². The van der Waals surface area contributed by atoms with Crippen molar-refractivity contribution in [3.63, 3.8) is 0 Å². The zero-order valence-electron chi connectivity index (χ0n) is 13.9. The average Bonchev–Trinajstić information content (AvgIpc) is 2.39. The Bertz CT molecular complexity index is 332. The lowest BCUT2D eigenvalue weighted by Crippen LogP contribution is -2.71. The molecule has 5 atom stereocenters. The van der Waals surface area contributed by atoms with E-state index in [2.05, 4.69) is 0 Å². The zero-order chi connectivity index (χ0) is 16.4. The Morgan fingerprint density at radius 2 is 1.62 bits per heavy atom. The molecule has 0 radical (unpaired) electrons. The Morgan fingerprint density at radius 3 is 2.05 bits per heavy atom. The molecule has 1 aliphatic rings. The fourth-order valence-corrected chi connectivity index (χ4v) is 2.63. The third-order valence-electron chi connectivity index (χ3n) is 3.76. The van der Waals surface area contributed by atoms with E-state index in [0.717, 1.165) is 0 Å². The van der Waals surface area contributed by atoms with E-state index in [-0.39, 0.29) is 25.4 Å². The van der Waals surface area contributed by atoms with Gasteiger partial charge in [-0.1, -0.05) is 0 Å². The number of hydrogen-bond donors (Lipinski definition) is 3. The normalized spacial score (nSPS) is 41.0. The van der Waals surface area contributed by atoms with Crippen LogP contribution in [0.3, 0.4) is 0 Å². The van der Waals surface area contributed by atoms with Crippen LogP contribution in [0, 0.1) is 0 Å². The van der Waals surface area contributed by atoms with Crippen molar-refractivity contribution in [1.82, 2.24) is 0 Å². The number of aliphatic hydroxyl groups excluding tert-OH is 3. The SMILES string of the molecule is CC(C)OCC1(C)OC(C)(CO)C(OC(C)C)[C@@H](O)[C@@H]1O. The highest BCUT2D eigenvalue weighted by atomic mass is 16.6. The standard InChI is InChI=1S/C15H30O6/c1-9(2)19-8-15(6)12(18)11(17)13(20-10(3)4)14(5,7-16)21-15/h9-13,16-18H,7-8H2,1-6H3/t11-,12-,13?,14?,15?/m0/s1. The smallest absolute Gasteiger partial charge is 0.118 e. The Morgan fingerprint density at radius 1 is 1.05 bits per heavy atom. The highest BCUT2D eigenvalue weighted by Gasteiger charge is 2.57. The number of ether oxygens (including phenoxy) is 3. The van der Waals surface area contributed by atoms with Gasteiger partial charge in [-0.25, -0.2) is 0 Å². The van der Waals surface area contributed by atoms with E-state index in [1.165, 1.54) is 0 Å². The molecule has 0 bridgehead atoms. The molecule has 0 aromatic carbocycles. The molecule has 3 N–H and O–H groups in total. The molecule has 6 nitrogen and oxygen atoms in total. The van der Waals surface area contributed by atoms with Gasteiger partial charge in [0.2, 0.25) is 0 Å². The first-order valence-corrected chi connectivity index (χ1v) is 7.50. The molecule has 21 heavy (non-hydrogen) atoms. The van der Waals surface area contributed by atoms with Gasteiger partial charge in [0.25, 0.3) is 0 Å². The van der Waals surface area contributed by atoms with Crippen molar-refractivity contribution in [2.75, 3.05) is 13.2 Å². The van der Waals surface area contributed by atoms with Gasteiger partial charge in [-0.15, -0.1) is 0 Å². The first-order valence-electron chi connectivity index (χ1n) is 7.50. The molecule has 3 unspecified atom stereocenters. The molecule has 0 aromatic heterocycles. The van der Waals surface area contributed by atoms with E-state index < -0.39 is 29.5 Å². The molecule has 1 saturated heterocycles. The zero-order valence-corrected chi connectivity index (χ0v) is 13.9. The molecule has 6 heteroatoms. The van der Waals surface area contributed by atoms with Crippen molar-refractivity contribution in [3.05, 3.63) is 0 Å². The topological polar surface area (TPSA) is 88.4 Å². The number of rotatable bonds is 6. The Balaban J connectivity index is 2.99. The van der Waals surface area contributed by atoms with Crippen molar-refractivity contribution in [3.8, 4) is 0 Å². The summed E-state index contributed by atoms with van der Waals surface area (Å²) >= 11 is 0. The lowest BCUT2D eigenvalue weighted by atomic mass is 9.80. The lowest BCUT2D eigenvalue weighted by Gasteiger charge is -2.53. The fourth-order valence-electron chi connectivity index (χ4n) is 2.63. The van der Waals surface area contributed by atoms with Crippen molar-refractivity contribution in [1.29, 1.82) is 0 Å². The second kappa shape index (κ2) is 6.89. The van der Waals surface area contributed by atoms with Crippen LogP contribution in [-0.2, 0) is 14.2 Å². The molecule has 1 fully saturated rings. The maximum atomic E-state index is 10.4. The minimum absolute atomic E-state index is 0.0280. The maximum absolute atomic E-state index is 10.4. The van der Waals surface area contributed by atoms with Crippen LogP contribution in [-0.4, -0.2) is 70.3 Å².